The summed E-state index contributed by atoms with van der Waals surface area (Å²) in [6.45, 7) is 2.01. The van der Waals surface area contributed by atoms with Crippen molar-refractivity contribution in [1.82, 2.24) is 0 Å². The van der Waals surface area contributed by atoms with Crippen LogP contribution < -0.4 is 5.73 Å². The Morgan fingerprint density at radius 1 is 1.41 bits per heavy atom. The quantitative estimate of drug-likeness (QED) is 0.760. The molecule has 0 saturated heterocycles. The molecule has 5 heteroatoms. The summed E-state index contributed by atoms with van der Waals surface area (Å²) in [6.07, 6.45) is -0.880. The lowest BCUT2D eigenvalue weighted by Crippen LogP contribution is -2.51. The zero-order chi connectivity index (χ0) is 13.0. The van der Waals surface area contributed by atoms with Gasteiger partial charge in [0.2, 0.25) is 0 Å². The predicted octanol–water partition coefficient (Wildman–Crippen LogP) is 0.954. The number of halogens is 2. The first kappa shape index (κ1) is 14.0. The van der Waals surface area contributed by atoms with Crippen molar-refractivity contribution in [3.63, 3.8) is 0 Å². The average molecular weight is 246 g/mol. The number of quaternary nitrogens is 1. The molecule has 0 fully saturated rings. The monoisotopic (exact) mass is 246 g/mol. The number of aliphatic hydroxyl groups is 1. The van der Waals surface area contributed by atoms with E-state index in [9.17, 15) is 13.9 Å². The van der Waals surface area contributed by atoms with Crippen LogP contribution in [0.15, 0.2) is 12.1 Å². The first-order valence-electron chi connectivity index (χ1n) is 5.47. The van der Waals surface area contributed by atoms with E-state index in [0.29, 0.717) is 18.5 Å². The highest BCUT2D eigenvalue weighted by Gasteiger charge is 2.27. The van der Waals surface area contributed by atoms with E-state index in [1.165, 1.54) is 19.2 Å². The van der Waals surface area contributed by atoms with Gasteiger partial charge in [0.25, 0.3) is 0 Å². The Morgan fingerprint density at radius 2 is 2.06 bits per heavy atom. The molecule has 0 bridgehead atoms. The molecule has 2 unspecified atom stereocenters. The van der Waals surface area contributed by atoms with Gasteiger partial charge in [-0.1, -0.05) is 6.07 Å². The zero-order valence-corrected chi connectivity index (χ0v) is 10.0. The summed E-state index contributed by atoms with van der Waals surface area (Å²) < 4.78 is 32.3. The molecule has 1 aromatic rings. The highest BCUT2D eigenvalue weighted by atomic mass is 19.1. The highest BCUT2D eigenvalue weighted by molar-refractivity contribution is 5.30. The largest absolute Gasteiger partial charge is 0.367 e. The molecule has 0 saturated carbocycles. The summed E-state index contributed by atoms with van der Waals surface area (Å²) in [5.74, 6) is -2.03. The molecular formula is C12H18F2NO2+. The molecule has 1 aromatic carbocycles. The van der Waals surface area contributed by atoms with Crippen molar-refractivity contribution in [1.29, 1.82) is 0 Å². The van der Waals surface area contributed by atoms with Crippen molar-refractivity contribution < 1.29 is 24.4 Å². The van der Waals surface area contributed by atoms with E-state index in [4.69, 9.17) is 4.74 Å². The lowest BCUT2D eigenvalue weighted by Gasteiger charge is -2.22. The van der Waals surface area contributed by atoms with Gasteiger partial charge < -0.3 is 15.6 Å². The van der Waals surface area contributed by atoms with Crippen molar-refractivity contribution in [2.24, 2.45) is 0 Å². The Balaban J connectivity index is 3.22. The molecule has 0 radical (unpaired) electrons. The molecule has 4 N–H and O–H groups in total. The second-order valence-corrected chi connectivity index (χ2v) is 3.97. The lowest BCUT2D eigenvalue weighted by atomic mass is 9.92. The zero-order valence-electron chi connectivity index (χ0n) is 10.0. The standard InChI is InChI=1S/C12H17F2NO2/c1-7-3-4-9(13)10(11(7)14)8(5-6-15)12(16)17-2/h3-4,8,12,16H,5-6,15H2,1-2H3/p+1. The van der Waals surface area contributed by atoms with Gasteiger partial charge in [-0.05, 0) is 18.6 Å². The van der Waals surface area contributed by atoms with E-state index >= 15 is 0 Å². The third-order valence-corrected chi connectivity index (χ3v) is 2.79. The Morgan fingerprint density at radius 3 is 2.59 bits per heavy atom. The van der Waals surface area contributed by atoms with Gasteiger partial charge in [-0.3, -0.25) is 0 Å². The van der Waals surface area contributed by atoms with Crippen molar-refractivity contribution in [3.8, 4) is 0 Å². The molecule has 0 aromatic heterocycles. The Labute approximate surface area is 99.2 Å². The molecule has 0 aliphatic heterocycles. The summed E-state index contributed by atoms with van der Waals surface area (Å²) >= 11 is 0. The van der Waals surface area contributed by atoms with Crippen LogP contribution in [0.2, 0.25) is 0 Å². The van der Waals surface area contributed by atoms with Gasteiger partial charge in [0.1, 0.15) is 11.6 Å². The third-order valence-electron chi connectivity index (χ3n) is 2.79. The van der Waals surface area contributed by atoms with Crippen molar-refractivity contribution in [2.45, 2.75) is 25.6 Å². The minimum absolute atomic E-state index is 0.122. The van der Waals surface area contributed by atoms with E-state index in [2.05, 4.69) is 5.73 Å². The first-order chi connectivity index (χ1) is 8.02. The fourth-order valence-corrected chi connectivity index (χ4v) is 1.83. The molecule has 0 amide bonds. The molecule has 0 spiro atoms. The average Bonchev–Trinajstić information content (AvgIpc) is 2.32. The van der Waals surface area contributed by atoms with Crippen molar-refractivity contribution in [3.05, 3.63) is 34.9 Å². The van der Waals surface area contributed by atoms with E-state index < -0.39 is 23.8 Å². The van der Waals surface area contributed by atoms with Crippen LogP contribution in [0, 0.1) is 18.6 Å². The predicted molar refractivity (Wildman–Crippen MR) is 59.2 cm³/mol. The molecule has 0 aliphatic rings. The molecule has 17 heavy (non-hydrogen) atoms. The number of rotatable bonds is 5. The maximum Gasteiger partial charge on any atom is 0.161 e. The SMILES string of the molecule is COC(O)C(CC[NH3+])c1c(F)ccc(C)c1F. The van der Waals surface area contributed by atoms with Crippen LogP contribution in [0.25, 0.3) is 0 Å². The van der Waals surface area contributed by atoms with Gasteiger partial charge in [0.15, 0.2) is 6.29 Å². The normalized spacial score (nSPS) is 14.7. The highest BCUT2D eigenvalue weighted by Crippen LogP contribution is 2.29. The maximum absolute atomic E-state index is 13.9. The minimum Gasteiger partial charge on any atom is -0.367 e. The molecule has 3 nitrogen and oxygen atoms in total. The number of ether oxygens (including phenoxy) is 1. The number of aliphatic hydroxyl groups excluding tert-OH is 1. The van der Waals surface area contributed by atoms with Crippen LogP contribution in [0.3, 0.4) is 0 Å². The van der Waals surface area contributed by atoms with Gasteiger partial charge in [-0.15, -0.1) is 0 Å². The minimum atomic E-state index is -1.23. The number of benzene rings is 1. The molecule has 2 atom stereocenters. The van der Waals surface area contributed by atoms with E-state index in [1.807, 2.05) is 0 Å². The van der Waals surface area contributed by atoms with Crippen LogP contribution in [-0.4, -0.2) is 25.1 Å². The summed E-state index contributed by atoms with van der Waals surface area (Å²) in [5, 5.41) is 9.66. The topological polar surface area (TPSA) is 57.1 Å². The van der Waals surface area contributed by atoms with Gasteiger partial charge in [0.05, 0.1) is 6.54 Å². The molecular weight excluding hydrogens is 228 g/mol. The summed E-state index contributed by atoms with van der Waals surface area (Å²) in [4.78, 5) is 0. The fraction of sp³-hybridized carbons (Fsp3) is 0.500. The molecule has 1 rings (SSSR count). The van der Waals surface area contributed by atoms with Crippen LogP contribution in [-0.2, 0) is 4.74 Å². The summed E-state index contributed by atoms with van der Waals surface area (Å²) in [5.41, 5.74) is 3.86. The summed E-state index contributed by atoms with van der Waals surface area (Å²) in [6, 6.07) is 2.57. The van der Waals surface area contributed by atoms with Gasteiger partial charge in [0, 0.05) is 25.0 Å². The molecule has 96 valence electrons. The van der Waals surface area contributed by atoms with Gasteiger partial charge in [-0.2, -0.15) is 0 Å². The molecule has 0 heterocycles. The van der Waals surface area contributed by atoms with Gasteiger partial charge in [-0.25, -0.2) is 8.78 Å². The van der Waals surface area contributed by atoms with E-state index in [-0.39, 0.29) is 5.56 Å². The first-order valence-corrected chi connectivity index (χ1v) is 5.47. The van der Waals surface area contributed by atoms with Crippen LogP contribution in [0.5, 0.6) is 0 Å². The van der Waals surface area contributed by atoms with Crippen LogP contribution in [0.1, 0.15) is 23.5 Å². The Kier molecular flexibility index (Phi) is 4.99. The third kappa shape index (κ3) is 3.00. The Hall–Kier alpha value is -1.04. The second kappa shape index (κ2) is 6.05. The number of hydrogen-bond donors (Lipinski definition) is 2. The van der Waals surface area contributed by atoms with Crippen LogP contribution in [0.4, 0.5) is 8.78 Å². The van der Waals surface area contributed by atoms with Gasteiger partial charge >= 0.3 is 0 Å². The van der Waals surface area contributed by atoms with Crippen molar-refractivity contribution >= 4 is 0 Å². The molecule has 0 aliphatic carbocycles. The fourth-order valence-electron chi connectivity index (χ4n) is 1.83. The number of aryl methyl sites for hydroxylation is 1. The van der Waals surface area contributed by atoms with Crippen LogP contribution >= 0.6 is 0 Å². The second-order valence-electron chi connectivity index (χ2n) is 3.97. The van der Waals surface area contributed by atoms with E-state index in [1.54, 1.807) is 6.92 Å². The number of methoxy groups -OCH3 is 1. The Bertz CT molecular complexity index is 385. The van der Waals surface area contributed by atoms with E-state index in [0.717, 1.165) is 0 Å². The maximum atomic E-state index is 13.9. The number of hydrogen-bond acceptors (Lipinski definition) is 2. The van der Waals surface area contributed by atoms with Crippen molar-refractivity contribution in [2.75, 3.05) is 13.7 Å². The lowest BCUT2D eigenvalue weighted by molar-refractivity contribution is -0.370. The summed E-state index contributed by atoms with van der Waals surface area (Å²) in [7, 11) is 1.30. The smallest absolute Gasteiger partial charge is 0.161 e.